The second kappa shape index (κ2) is 22.8. The minimum atomic E-state index is -0.636. The molecule has 2 aliphatic rings. The van der Waals surface area contributed by atoms with Crippen LogP contribution in [0.1, 0.15) is 62.3 Å². The van der Waals surface area contributed by atoms with Crippen LogP contribution in [0.2, 0.25) is 0 Å². The van der Waals surface area contributed by atoms with E-state index in [4.69, 9.17) is 35.8 Å². The molecule has 0 spiro atoms. The average molecular weight is 816 g/mol. The van der Waals surface area contributed by atoms with Gasteiger partial charge >= 0.3 is 0 Å². The quantitative estimate of drug-likeness (QED) is 0.0364. The average Bonchev–Trinajstić information content (AvgIpc) is 4.08. The van der Waals surface area contributed by atoms with E-state index in [9.17, 15) is 24.0 Å². The van der Waals surface area contributed by atoms with Crippen LogP contribution in [-0.2, 0) is 30.3 Å². The molecule has 3 aromatic carbocycles. The van der Waals surface area contributed by atoms with Crippen molar-refractivity contribution in [3.63, 3.8) is 0 Å². The number of ether oxygens (including phenoxy) is 4. The molecule has 5 amide bonds. The fourth-order valence-electron chi connectivity index (χ4n) is 5.93. The molecule has 5 rings (SSSR count). The highest BCUT2D eigenvalue weighted by Crippen LogP contribution is 2.33. The highest BCUT2D eigenvalue weighted by Gasteiger charge is 2.33. The first kappa shape index (κ1) is 44.0. The monoisotopic (exact) mass is 815 g/mol. The number of nitrogens with two attached hydrogens (primary N) is 2. The molecule has 10 N–H and O–H groups in total. The highest BCUT2D eigenvalue weighted by atomic mass is 16.5. The Bertz CT molecular complexity index is 1910. The number of nitrogens with zero attached hydrogens (tertiary/aromatic N) is 1. The molecule has 18 heteroatoms. The third-order valence-corrected chi connectivity index (χ3v) is 9.25. The molecule has 1 aliphatic carbocycles. The molecule has 0 saturated heterocycles. The second-order valence-corrected chi connectivity index (χ2v) is 13.9. The number of carbonyl (C=O) groups excluding carboxylic acids is 5. The third-order valence-electron chi connectivity index (χ3n) is 9.25. The first-order chi connectivity index (χ1) is 28.6. The van der Waals surface area contributed by atoms with E-state index >= 15 is 0 Å². The molecule has 316 valence electrons. The lowest BCUT2D eigenvalue weighted by atomic mass is 10.1. The summed E-state index contributed by atoms with van der Waals surface area (Å²) in [4.78, 5) is 64.5. The van der Waals surface area contributed by atoms with Crippen LogP contribution in [0, 0.1) is 5.41 Å². The summed E-state index contributed by atoms with van der Waals surface area (Å²) in [5.74, 6) is -0.856. The molecule has 0 radical (unpaired) electrons. The van der Waals surface area contributed by atoms with E-state index in [0.717, 1.165) is 18.4 Å². The van der Waals surface area contributed by atoms with Gasteiger partial charge in [-0.2, -0.15) is 0 Å². The number of carbonyl (C=O) groups is 5. The van der Waals surface area contributed by atoms with Gasteiger partial charge in [-0.25, -0.2) is 0 Å². The fourth-order valence-corrected chi connectivity index (χ4v) is 5.93. The Morgan fingerprint density at radius 3 is 2.07 bits per heavy atom. The van der Waals surface area contributed by atoms with E-state index in [0.29, 0.717) is 112 Å². The Kier molecular flexibility index (Phi) is 17.0. The minimum Gasteiger partial charge on any atom is -0.482 e. The molecule has 18 nitrogen and oxygen atoms in total. The van der Waals surface area contributed by atoms with E-state index in [1.165, 1.54) is 0 Å². The lowest BCUT2D eigenvalue weighted by Crippen LogP contribution is -2.42. The lowest BCUT2D eigenvalue weighted by Gasteiger charge is -2.24. The van der Waals surface area contributed by atoms with Crippen molar-refractivity contribution in [2.24, 2.45) is 11.5 Å². The first-order valence-electron chi connectivity index (χ1n) is 19.6. The van der Waals surface area contributed by atoms with Gasteiger partial charge in [-0.1, -0.05) is 12.1 Å². The van der Waals surface area contributed by atoms with Crippen molar-refractivity contribution in [3.8, 4) is 5.75 Å². The summed E-state index contributed by atoms with van der Waals surface area (Å²) in [7, 11) is 0. The molecule has 1 aliphatic heterocycles. The van der Waals surface area contributed by atoms with Gasteiger partial charge in [0.2, 0.25) is 5.91 Å². The van der Waals surface area contributed by atoms with Crippen LogP contribution in [0.25, 0.3) is 0 Å². The van der Waals surface area contributed by atoms with Gasteiger partial charge in [0, 0.05) is 54.6 Å². The van der Waals surface area contributed by atoms with Crippen LogP contribution in [0.4, 0.5) is 11.4 Å². The van der Waals surface area contributed by atoms with E-state index in [-0.39, 0.29) is 48.1 Å². The van der Waals surface area contributed by atoms with Crippen molar-refractivity contribution >= 4 is 46.9 Å². The molecular formula is C41H53N9O9. The van der Waals surface area contributed by atoms with Gasteiger partial charge in [-0.3, -0.25) is 29.4 Å². The summed E-state index contributed by atoms with van der Waals surface area (Å²) in [6.45, 7) is 3.45. The zero-order chi connectivity index (χ0) is 42.0. The number of hydrogen-bond donors (Lipinski definition) is 8. The van der Waals surface area contributed by atoms with Gasteiger partial charge in [-0.15, -0.1) is 0 Å². The summed E-state index contributed by atoms with van der Waals surface area (Å²) in [5.41, 5.74) is 14.4. The first-order valence-corrected chi connectivity index (χ1v) is 19.6. The molecule has 1 atom stereocenters. The maximum atomic E-state index is 13.5. The Balaban J connectivity index is 0.909. The normalized spacial score (nSPS) is 13.5. The Hall–Kier alpha value is -6.08. The fraction of sp³-hybridized carbons (Fsp3) is 0.415. The smallest absolute Gasteiger partial charge is 0.262 e. The van der Waals surface area contributed by atoms with Gasteiger partial charge in [0.05, 0.1) is 51.4 Å². The highest BCUT2D eigenvalue weighted by molar-refractivity contribution is 6.04. The Morgan fingerprint density at radius 2 is 1.41 bits per heavy atom. The van der Waals surface area contributed by atoms with Crippen molar-refractivity contribution in [1.82, 2.24) is 20.9 Å². The number of amides is 5. The van der Waals surface area contributed by atoms with E-state index in [1.807, 2.05) is 17.0 Å². The minimum absolute atomic E-state index is 0.0915. The third kappa shape index (κ3) is 14.7. The SMILES string of the molecule is N=C(N)NCCC[C@H](N)C(=O)NCCOCCOCCOCCNC(=O)c1ccc(NC(=O)c2ccc(CN(C(=O)c3ccc4c(c3)OCC(=O)N4)C3CC3)cc2)cc1. The summed E-state index contributed by atoms with van der Waals surface area (Å²) in [5, 5.41) is 20.9. The number of hydrogen-bond acceptors (Lipinski definition) is 11. The van der Waals surface area contributed by atoms with Crippen molar-refractivity contribution in [3.05, 3.63) is 89.0 Å². The molecular weight excluding hydrogens is 763 g/mol. The van der Waals surface area contributed by atoms with Gasteiger partial charge in [0.1, 0.15) is 5.75 Å². The molecule has 1 saturated carbocycles. The van der Waals surface area contributed by atoms with Gasteiger partial charge in [0.15, 0.2) is 12.6 Å². The number of fused-ring (bicyclic) bond motifs is 1. The number of anilines is 2. The van der Waals surface area contributed by atoms with Crippen LogP contribution in [0.15, 0.2) is 66.7 Å². The van der Waals surface area contributed by atoms with Crippen LogP contribution < -0.4 is 42.8 Å². The van der Waals surface area contributed by atoms with Crippen molar-refractivity contribution in [2.45, 2.75) is 44.3 Å². The molecule has 0 bridgehead atoms. The Morgan fingerprint density at radius 1 is 0.797 bits per heavy atom. The standard InChI is InChI=1S/C41H53N9O9/c42-33(2-1-15-47-41(43)44)39(54)46-17-19-57-21-23-58-22-20-56-18-16-45-37(52)28-7-10-31(11-8-28)48-38(53)29-5-3-27(4-6-29)25-50(32-12-13-32)40(55)30-9-14-34-35(24-30)59-26-36(51)49-34/h3-11,14,24,32-33H,1-2,12-13,15-23,25-26,42H2,(H,45,52)(H,46,54)(H,48,53)(H,49,51)(H4,43,44,47)/t33-/m0/s1. The molecule has 1 fully saturated rings. The summed E-state index contributed by atoms with van der Waals surface area (Å²) >= 11 is 0. The molecule has 1 heterocycles. The van der Waals surface area contributed by atoms with Gasteiger partial charge in [-0.05, 0) is 85.8 Å². The maximum Gasteiger partial charge on any atom is 0.262 e. The lowest BCUT2D eigenvalue weighted by molar-refractivity contribution is -0.122. The summed E-state index contributed by atoms with van der Waals surface area (Å²) in [6, 6.07) is 18.2. The topological polar surface area (TPSA) is 262 Å². The number of benzene rings is 3. The van der Waals surface area contributed by atoms with Crippen molar-refractivity contribution < 1.29 is 42.9 Å². The van der Waals surface area contributed by atoms with Crippen molar-refractivity contribution in [1.29, 1.82) is 5.41 Å². The molecule has 0 aromatic heterocycles. The van der Waals surface area contributed by atoms with Gasteiger partial charge in [0.25, 0.3) is 23.6 Å². The van der Waals surface area contributed by atoms with E-state index in [1.54, 1.807) is 54.6 Å². The van der Waals surface area contributed by atoms with Crippen LogP contribution in [-0.4, -0.2) is 118 Å². The summed E-state index contributed by atoms with van der Waals surface area (Å²) < 4.78 is 21.9. The number of guanidine groups is 1. The van der Waals surface area contributed by atoms with E-state index < -0.39 is 6.04 Å². The van der Waals surface area contributed by atoms with Crippen LogP contribution in [0.5, 0.6) is 5.75 Å². The van der Waals surface area contributed by atoms with Crippen LogP contribution in [0.3, 0.4) is 0 Å². The number of nitrogens with one attached hydrogen (secondary N) is 6. The zero-order valence-corrected chi connectivity index (χ0v) is 32.9. The molecule has 59 heavy (non-hydrogen) atoms. The predicted molar refractivity (Wildman–Crippen MR) is 219 cm³/mol. The number of rotatable bonds is 24. The maximum absolute atomic E-state index is 13.5. The predicted octanol–water partition coefficient (Wildman–Crippen LogP) is 1.56. The zero-order valence-electron chi connectivity index (χ0n) is 32.9. The van der Waals surface area contributed by atoms with Crippen molar-refractivity contribution in [2.75, 3.05) is 76.5 Å². The molecule has 3 aromatic rings. The van der Waals surface area contributed by atoms with E-state index in [2.05, 4.69) is 26.6 Å². The summed E-state index contributed by atoms with van der Waals surface area (Å²) in [6.07, 6.45) is 2.93. The Labute approximate surface area is 342 Å². The molecule has 0 unspecified atom stereocenters. The van der Waals surface area contributed by atoms with Crippen LogP contribution >= 0.6 is 0 Å². The van der Waals surface area contributed by atoms with Gasteiger partial charge < -0.3 is 61.9 Å². The second-order valence-electron chi connectivity index (χ2n) is 13.9. The largest absolute Gasteiger partial charge is 0.482 e.